The number of hydrogen-bond donors (Lipinski definition) is 2. The molecule has 174 valence electrons. The van der Waals surface area contributed by atoms with Crippen molar-refractivity contribution < 1.29 is 4.79 Å². The maximum Gasteiger partial charge on any atom is 0.272 e. The predicted molar refractivity (Wildman–Crippen MR) is 139 cm³/mol. The number of nitrogens with one attached hydrogen (secondary N) is 2. The molecule has 8 heteroatoms. The van der Waals surface area contributed by atoms with E-state index in [-0.39, 0.29) is 5.91 Å². The van der Waals surface area contributed by atoms with E-state index in [1.165, 1.54) is 0 Å². The van der Waals surface area contributed by atoms with Crippen LogP contribution in [-0.4, -0.2) is 60.0 Å². The van der Waals surface area contributed by atoms with E-state index >= 15 is 0 Å². The highest BCUT2D eigenvalue weighted by Gasteiger charge is 2.32. The smallest absolute Gasteiger partial charge is 0.272 e. The van der Waals surface area contributed by atoms with E-state index in [4.69, 9.17) is 28.8 Å². The number of nitrogens with zero attached hydrogens (tertiary/aromatic N) is 3. The molecule has 1 fully saturated rings. The van der Waals surface area contributed by atoms with Gasteiger partial charge in [-0.15, -0.1) is 0 Å². The van der Waals surface area contributed by atoms with E-state index in [2.05, 4.69) is 29.4 Å². The van der Waals surface area contributed by atoms with Crippen molar-refractivity contribution in [2.24, 2.45) is 4.99 Å². The van der Waals surface area contributed by atoms with Crippen LogP contribution in [0.5, 0.6) is 0 Å². The van der Waals surface area contributed by atoms with Crippen LogP contribution in [0.4, 0.5) is 5.69 Å². The molecule has 33 heavy (non-hydrogen) atoms. The van der Waals surface area contributed by atoms with Gasteiger partial charge in [0.2, 0.25) is 6.17 Å². The standard InChI is InChI=1S/C25H30ClN5OS/c1-16(2)27-19-11-13-31(14-12-19)25(33)29-23-24(32)30(3)21-10-9-18(26)15-20(21)22(28-23)17-7-5-4-6-8-17/h4-10,15-16,19,23,27H,11-14H2,1-3H3,(H,29,33). The highest BCUT2D eigenvalue weighted by molar-refractivity contribution is 7.80. The Morgan fingerprint density at radius 1 is 1.15 bits per heavy atom. The molecule has 1 atom stereocenters. The van der Waals surface area contributed by atoms with Crippen LogP contribution in [0.2, 0.25) is 5.02 Å². The number of likely N-dealkylation sites (tertiary alicyclic amines) is 1. The Balaban J connectivity index is 1.60. The third-order valence-corrected chi connectivity index (χ3v) is 6.67. The minimum Gasteiger partial charge on any atom is -0.349 e. The number of carbonyl (C=O) groups is 1. The minimum atomic E-state index is -0.824. The summed E-state index contributed by atoms with van der Waals surface area (Å²) in [6.07, 6.45) is 1.21. The molecular weight excluding hydrogens is 454 g/mol. The molecule has 0 aliphatic carbocycles. The van der Waals surface area contributed by atoms with Crippen LogP contribution in [0.1, 0.15) is 37.8 Å². The second-order valence-electron chi connectivity index (χ2n) is 8.84. The first-order valence-corrected chi connectivity index (χ1v) is 12.1. The van der Waals surface area contributed by atoms with Crippen molar-refractivity contribution in [3.63, 3.8) is 0 Å². The number of fused-ring (bicyclic) bond motifs is 1. The molecule has 1 unspecified atom stereocenters. The SMILES string of the molecule is CC(C)NC1CCN(C(=S)NC2N=C(c3ccccc3)c3cc(Cl)ccc3N(C)C2=O)CC1. The number of rotatable bonds is 4. The number of anilines is 1. The van der Waals surface area contributed by atoms with Gasteiger partial charge in [-0.2, -0.15) is 0 Å². The summed E-state index contributed by atoms with van der Waals surface area (Å²) in [6, 6.07) is 16.3. The molecule has 4 rings (SSSR count). The van der Waals surface area contributed by atoms with Gasteiger partial charge in [-0.3, -0.25) is 4.79 Å². The maximum absolute atomic E-state index is 13.4. The third-order valence-electron chi connectivity index (χ3n) is 6.06. The Labute approximate surface area is 206 Å². The van der Waals surface area contributed by atoms with Crippen LogP contribution >= 0.6 is 23.8 Å². The summed E-state index contributed by atoms with van der Waals surface area (Å²) >= 11 is 12.0. The van der Waals surface area contributed by atoms with E-state index in [1.807, 2.05) is 42.5 Å². The molecule has 0 aromatic heterocycles. The lowest BCUT2D eigenvalue weighted by atomic mass is 10.0. The number of likely N-dealkylation sites (N-methyl/N-ethyl adjacent to an activating group) is 1. The van der Waals surface area contributed by atoms with Crippen molar-refractivity contribution in [2.75, 3.05) is 25.0 Å². The predicted octanol–water partition coefficient (Wildman–Crippen LogP) is 3.82. The molecule has 2 N–H and O–H groups in total. The minimum absolute atomic E-state index is 0.164. The Kier molecular flexibility index (Phi) is 7.32. The third kappa shape index (κ3) is 5.37. The van der Waals surface area contributed by atoms with Crippen molar-refractivity contribution in [3.8, 4) is 0 Å². The van der Waals surface area contributed by atoms with Crippen molar-refractivity contribution in [1.29, 1.82) is 0 Å². The number of benzodiazepines with no additional fused rings is 1. The van der Waals surface area contributed by atoms with Crippen molar-refractivity contribution >= 4 is 46.2 Å². The molecule has 2 aliphatic rings. The molecule has 0 saturated carbocycles. The van der Waals surface area contributed by atoms with E-state index in [0.717, 1.165) is 42.7 Å². The number of piperidine rings is 1. The molecule has 0 bridgehead atoms. The lowest BCUT2D eigenvalue weighted by molar-refractivity contribution is -0.119. The number of halogens is 1. The molecule has 2 aliphatic heterocycles. The van der Waals surface area contributed by atoms with Crippen LogP contribution in [-0.2, 0) is 4.79 Å². The number of amides is 1. The van der Waals surface area contributed by atoms with Gasteiger partial charge in [0.1, 0.15) is 0 Å². The number of thiocarbonyl (C=S) groups is 1. The molecule has 2 aromatic rings. The van der Waals surface area contributed by atoms with Crippen molar-refractivity contribution in [2.45, 2.75) is 44.9 Å². The quantitative estimate of drug-likeness (QED) is 0.647. The summed E-state index contributed by atoms with van der Waals surface area (Å²) < 4.78 is 0. The molecule has 1 saturated heterocycles. The fourth-order valence-corrected chi connectivity index (χ4v) is 4.86. The summed E-state index contributed by atoms with van der Waals surface area (Å²) in [4.78, 5) is 22.0. The van der Waals surface area contributed by atoms with Crippen LogP contribution in [0.15, 0.2) is 53.5 Å². The van der Waals surface area contributed by atoms with Gasteiger partial charge >= 0.3 is 0 Å². The largest absolute Gasteiger partial charge is 0.349 e. The van der Waals surface area contributed by atoms with E-state index in [1.54, 1.807) is 18.0 Å². The number of carbonyl (C=O) groups excluding carboxylic acids is 1. The molecule has 2 heterocycles. The summed E-state index contributed by atoms with van der Waals surface area (Å²) in [7, 11) is 1.76. The average molecular weight is 484 g/mol. The number of aliphatic imine (C=N–C) groups is 1. The molecule has 1 amide bonds. The van der Waals surface area contributed by atoms with E-state index in [9.17, 15) is 4.79 Å². The van der Waals surface area contributed by atoms with Crippen LogP contribution in [0.25, 0.3) is 0 Å². The second-order valence-corrected chi connectivity index (χ2v) is 9.66. The van der Waals surface area contributed by atoms with Gasteiger partial charge < -0.3 is 20.4 Å². The average Bonchev–Trinajstić information content (AvgIpc) is 2.90. The second kappa shape index (κ2) is 10.2. The first-order chi connectivity index (χ1) is 15.8. The number of hydrogen-bond acceptors (Lipinski definition) is 4. The van der Waals surface area contributed by atoms with Crippen molar-refractivity contribution in [3.05, 3.63) is 64.7 Å². The highest BCUT2D eigenvalue weighted by Crippen LogP contribution is 2.30. The van der Waals surface area contributed by atoms with Crippen LogP contribution in [0, 0.1) is 0 Å². The van der Waals surface area contributed by atoms with Crippen LogP contribution in [0.3, 0.4) is 0 Å². The summed E-state index contributed by atoms with van der Waals surface area (Å²) in [5.74, 6) is -0.164. The Bertz CT molecular complexity index is 1050. The zero-order valence-corrected chi connectivity index (χ0v) is 20.8. The first-order valence-electron chi connectivity index (χ1n) is 11.4. The zero-order valence-electron chi connectivity index (χ0n) is 19.2. The monoisotopic (exact) mass is 483 g/mol. The molecule has 0 spiro atoms. The van der Waals surface area contributed by atoms with Crippen molar-refractivity contribution in [1.82, 2.24) is 15.5 Å². The van der Waals surface area contributed by atoms with Gasteiger partial charge in [0.25, 0.3) is 5.91 Å². The normalized spacial score (nSPS) is 19.2. The highest BCUT2D eigenvalue weighted by atomic mass is 35.5. The molecule has 2 aromatic carbocycles. The van der Waals surface area contributed by atoms with E-state index in [0.29, 0.717) is 27.9 Å². The Morgan fingerprint density at radius 3 is 2.52 bits per heavy atom. The molecule has 0 radical (unpaired) electrons. The lowest BCUT2D eigenvalue weighted by Crippen LogP contribution is -2.53. The van der Waals surface area contributed by atoms with Gasteiger partial charge in [0.15, 0.2) is 5.11 Å². The van der Waals surface area contributed by atoms with Gasteiger partial charge in [0, 0.05) is 48.4 Å². The van der Waals surface area contributed by atoms with Gasteiger partial charge in [0.05, 0.1) is 11.4 Å². The summed E-state index contributed by atoms with van der Waals surface area (Å²) in [5.41, 5.74) is 3.22. The fraction of sp³-hybridized carbons (Fsp3) is 0.400. The topological polar surface area (TPSA) is 60.0 Å². The Morgan fingerprint density at radius 2 is 1.85 bits per heavy atom. The van der Waals surface area contributed by atoms with Gasteiger partial charge in [-0.25, -0.2) is 4.99 Å². The number of benzene rings is 2. The zero-order chi connectivity index (χ0) is 23.5. The van der Waals surface area contributed by atoms with Gasteiger partial charge in [-0.1, -0.05) is 55.8 Å². The molecule has 6 nitrogen and oxygen atoms in total. The van der Waals surface area contributed by atoms with Crippen LogP contribution < -0.4 is 15.5 Å². The lowest BCUT2D eigenvalue weighted by Gasteiger charge is -2.35. The van der Waals surface area contributed by atoms with Gasteiger partial charge in [-0.05, 0) is 43.3 Å². The summed E-state index contributed by atoms with van der Waals surface area (Å²) in [6.45, 7) is 6.02. The maximum atomic E-state index is 13.4. The Hall–Kier alpha value is -2.48. The van der Waals surface area contributed by atoms with E-state index < -0.39 is 6.17 Å². The molecular formula is C25H30ClN5OS. The summed E-state index contributed by atoms with van der Waals surface area (Å²) in [5, 5.41) is 7.99. The first kappa shape index (κ1) is 23.7. The fourth-order valence-electron chi connectivity index (χ4n) is 4.40.